The Bertz CT molecular complexity index is 890. The van der Waals surface area contributed by atoms with Crippen LogP contribution in [0.3, 0.4) is 0 Å². The van der Waals surface area contributed by atoms with Crippen molar-refractivity contribution in [3.8, 4) is 11.5 Å². The summed E-state index contributed by atoms with van der Waals surface area (Å²) in [6, 6.07) is 8.75. The maximum absolute atomic E-state index is 13.9. The molecule has 0 radical (unpaired) electrons. The standard InChI is InChI=1S/C24H29F2NO4/c1-4-27(5-2)24(29)14-17(3)18-10-11-22(23(15-18)30-13-7-12-28)31-16-19-20(25)8-6-9-21(19)26/h6,8-11,14-15,28H,4-5,7,12-13,16H2,1-3H3. The molecule has 0 aromatic heterocycles. The normalized spacial score (nSPS) is 11.4. The molecule has 0 spiro atoms. The lowest BCUT2D eigenvalue weighted by molar-refractivity contribution is -0.125. The zero-order chi connectivity index (χ0) is 22.8. The molecule has 0 aliphatic rings. The first-order valence-corrected chi connectivity index (χ1v) is 10.3. The number of aliphatic hydroxyl groups is 1. The van der Waals surface area contributed by atoms with E-state index in [0.29, 0.717) is 31.0 Å². The fourth-order valence-electron chi connectivity index (χ4n) is 2.95. The lowest BCUT2D eigenvalue weighted by Crippen LogP contribution is -2.28. The molecule has 0 saturated carbocycles. The fraction of sp³-hybridized carbons (Fsp3) is 0.375. The van der Waals surface area contributed by atoms with Crippen molar-refractivity contribution in [3.05, 3.63) is 65.2 Å². The van der Waals surface area contributed by atoms with E-state index in [1.165, 1.54) is 18.2 Å². The smallest absolute Gasteiger partial charge is 0.246 e. The molecule has 0 atom stereocenters. The van der Waals surface area contributed by atoms with Gasteiger partial charge in [0, 0.05) is 32.2 Å². The Labute approximate surface area is 181 Å². The van der Waals surface area contributed by atoms with Gasteiger partial charge < -0.3 is 19.5 Å². The van der Waals surface area contributed by atoms with Gasteiger partial charge in [-0.1, -0.05) is 12.1 Å². The molecule has 2 aromatic carbocycles. The minimum Gasteiger partial charge on any atom is -0.490 e. The molecule has 0 aliphatic carbocycles. The second-order valence-corrected chi connectivity index (χ2v) is 6.91. The van der Waals surface area contributed by atoms with Gasteiger partial charge in [-0.05, 0) is 56.2 Å². The molecule has 2 aromatic rings. The van der Waals surface area contributed by atoms with Crippen LogP contribution in [-0.2, 0) is 11.4 Å². The van der Waals surface area contributed by atoms with Crippen molar-refractivity contribution in [1.29, 1.82) is 0 Å². The maximum atomic E-state index is 13.9. The molecule has 5 nitrogen and oxygen atoms in total. The average Bonchev–Trinajstić information content (AvgIpc) is 2.75. The molecule has 1 N–H and O–H groups in total. The molecule has 31 heavy (non-hydrogen) atoms. The topological polar surface area (TPSA) is 59.0 Å². The number of hydrogen-bond donors (Lipinski definition) is 1. The van der Waals surface area contributed by atoms with E-state index in [1.54, 1.807) is 29.2 Å². The van der Waals surface area contributed by atoms with Crippen LogP contribution in [0.25, 0.3) is 5.57 Å². The predicted molar refractivity (Wildman–Crippen MR) is 116 cm³/mol. The van der Waals surface area contributed by atoms with Crippen molar-refractivity contribution in [2.45, 2.75) is 33.8 Å². The van der Waals surface area contributed by atoms with Crippen LogP contribution in [0.4, 0.5) is 8.78 Å². The largest absolute Gasteiger partial charge is 0.490 e. The highest BCUT2D eigenvalue weighted by atomic mass is 19.1. The minimum atomic E-state index is -0.687. The van der Waals surface area contributed by atoms with Gasteiger partial charge in [0.05, 0.1) is 12.2 Å². The van der Waals surface area contributed by atoms with Gasteiger partial charge in [0.2, 0.25) is 5.91 Å². The number of allylic oxidation sites excluding steroid dienone is 1. The van der Waals surface area contributed by atoms with Gasteiger partial charge in [-0.3, -0.25) is 4.79 Å². The van der Waals surface area contributed by atoms with Gasteiger partial charge in [-0.25, -0.2) is 8.78 Å². The third kappa shape index (κ3) is 6.79. The van der Waals surface area contributed by atoms with Crippen LogP contribution in [-0.4, -0.2) is 42.2 Å². The number of hydrogen-bond acceptors (Lipinski definition) is 4. The fourth-order valence-corrected chi connectivity index (χ4v) is 2.95. The summed E-state index contributed by atoms with van der Waals surface area (Å²) in [7, 11) is 0. The molecule has 0 unspecified atom stereocenters. The first-order chi connectivity index (χ1) is 14.9. The van der Waals surface area contributed by atoms with Crippen molar-refractivity contribution in [2.75, 3.05) is 26.3 Å². The summed E-state index contributed by atoms with van der Waals surface area (Å²) in [4.78, 5) is 14.1. The molecule has 0 aliphatic heterocycles. The SMILES string of the molecule is CCN(CC)C(=O)C=C(C)c1ccc(OCc2c(F)cccc2F)c(OCCCO)c1. The summed E-state index contributed by atoms with van der Waals surface area (Å²) in [5.74, 6) is -0.778. The summed E-state index contributed by atoms with van der Waals surface area (Å²) >= 11 is 0. The van der Waals surface area contributed by atoms with Crippen molar-refractivity contribution in [3.63, 3.8) is 0 Å². The minimum absolute atomic E-state index is 0.0341. The van der Waals surface area contributed by atoms with Crippen molar-refractivity contribution in [2.24, 2.45) is 0 Å². The number of benzene rings is 2. The Balaban J connectivity index is 2.27. The first kappa shape index (κ1) is 24.3. The molecule has 0 fully saturated rings. The van der Waals surface area contributed by atoms with Crippen LogP contribution >= 0.6 is 0 Å². The molecule has 2 rings (SSSR count). The lowest BCUT2D eigenvalue weighted by Gasteiger charge is -2.17. The van der Waals surface area contributed by atoms with E-state index in [9.17, 15) is 13.6 Å². The Hall–Kier alpha value is -2.93. The highest BCUT2D eigenvalue weighted by Gasteiger charge is 2.14. The second-order valence-electron chi connectivity index (χ2n) is 6.91. The molecular weight excluding hydrogens is 404 g/mol. The third-order valence-electron chi connectivity index (χ3n) is 4.81. The van der Waals surface area contributed by atoms with E-state index in [-0.39, 0.29) is 31.3 Å². The Kier molecular flexibility index (Phi) is 9.46. The Morgan fingerprint density at radius 1 is 1.06 bits per heavy atom. The zero-order valence-electron chi connectivity index (χ0n) is 18.2. The molecule has 168 valence electrons. The molecule has 0 bridgehead atoms. The second kappa shape index (κ2) is 12.1. The summed E-state index contributed by atoms with van der Waals surface area (Å²) in [5.41, 5.74) is 1.33. The Morgan fingerprint density at radius 2 is 1.74 bits per heavy atom. The van der Waals surface area contributed by atoms with Crippen LogP contribution in [0.1, 0.15) is 38.3 Å². The summed E-state index contributed by atoms with van der Waals surface area (Å²) in [6.45, 7) is 6.80. The van der Waals surface area contributed by atoms with Crippen LogP contribution in [0.5, 0.6) is 11.5 Å². The van der Waals surface area contributed by atoms with Crippen LogP contribution < -0.4 is 9.47 Å². The molecular formula is C24H29F2NO4. The van der Waals surface area contributed by atoms with E-state index < -0.39 is 11.6 Å². The number of carbonyl (C=O) groups is 1. The quantitative estimate of drug-likeness (QED) is 0.416. The van der Waals surface area contributed by atoms with E-state index in [1.807, 2.05) is 20.8 Å². The van der Waals surface area contributed by atoms with E-state index in [2.05, 4.69) is 0 Å². The predicted octanol–water partition coefficient (Wildman–Crippen LogP) is 4.58. The van der Waals surface area contributed by atoms with E-state index >= 15 is 0 Å². The highest BCUT2D eigenvalue weighted by molar-refractivity contribution is 5.95. The van der Waals surface area contributed by atoms with Gasteiger partial charge in [-0.2, -0.15) is 0 Å². The van der Waals surface area contributed by atoms with E-state index in [0.717, 1.165) is 11.1 Å². The van der Waals surface area contributed by atoms with Crippen molar-refractivity contribution in [1.82, 2.24) is 4.90 Å². The summed E-state index contributed by atoms with van der Waals surface area (Å²) in [5, 5.41) is 9.02. The van der Waals surface area contributed by atoms with E-state index in [4.69, 9.17) is 14.6 Å². The van der Waals surface area contributed by atoms with Gasteiger partial charge in [-0.15, -0.1) is 0 Å². The molecule has 7 heteroatoms. The number of likely N-dealkylation sites (N-methyl/N-ethyl adjacent to an activating group) is 1. The first-order valence-electron chi connectivity index (χ1n) is 10.3. The van der Waals surface area contributed by atoms with Crippen LogP contribution in [0.15, 0.2) is 42.5 Å². The monoisotopic (exact) mass is 433 g/mol. The summed E-state index contributed by atoms with van der Waals surface area (Å²) < 4.78 is 39.1. The van der Waals surface area contributed by atoms with Crippen LogP contribution in [0, 0.1) is 11.6 Å². The number of nitrogens with zero attached hydrogens (tertiary/aromatic N) is 1. The number of aliphatic hydroxyl groups excluding tert-OH is 1. The number of carbonyl (C=O) groups excluding carboxylic acids is 1. The molecule has 0 saturated heterocycles. The molecule has 0 heterocycles. The van der Waals surface area contributed by atoms with Crippen LogP contribution in [0.2, 0.25) is 0 Å². The Morgan fingerprint density at radius 3 is 2.35 bits per heavy atom. The number of halogens is 2. The van der Waals surface area contributed by atoms with Crippen molar-refractivity contribution < 1.29 is 28.2 Å². The summed E-state index contributed by atoms with van der Waals surface area (Å²) in [6.07, 6.45) is 1.98. The number of rotatable bonds is 11. The number of amides is 1. The molecule has 1 amide bonds. The van der Waals surface area contributed by atoms with Crippen molar-refractivity contribution >= 4 is 11.5 Å². The van der Waals surface area contributed by atoms with Gasteiger partial charge in [0.15, 0.2) is 11.5 Å². The number of ether oxygens (including phenoxy) is 2. The van der Waals surface area contributed by atoms with Gasteiger partial charge in [0.25, 0.3) is 0 Å². The highest BCUT2D eigenvalue weighted by Crippen LogP contribution is 2.32. The zero-order valence-corrected chi connectivity index (χ0v) is 18.2. The average molecular weight is 433 g/mol. The van der Waals surface area contributed by atoms with Gasteiger partial charge in [0.1, 0.15) is 18.2 Å². The maximum Gasteiger partial charge on any atom is 0.246 e. The lowest BCUT2D eigenvalue weighted by atomic mass is 10.1. The van der Waals surface area contributed by atoms with Gasteiger partial charge >= 0.3 is 0 Å². The third-order valence-corrected chi connectivity index (χ3v) is 4.81.